The second kappa shape index (κ2) is 4.30. The predicted molar refractivity (Wildman–Crippen MR) is 74.5 cm³/mol. The zero-order valence-electron chi connectivity index (χ0n) is 8.69. The molecule has 1 aromatic heterocycles. The Bertz CT molecular complexity index is 658. The van der Waals surface area contributed by atoms with Gasteiger partial charge in [-0.1, -0.05) is 39.3 Å². The monoisotopic (exact) mass is 330 g/mol. The van der Waals surface area contributed by atoms with E-state index in [4.69, 9.17) is 11.6 Å². The largest absolute Gasteiger partial charge is 0.286 e. The van der Waals surface area contributed by atoms with Crippen LogP contribution >= 0.6 is 39.3 Å². The molecule has 0 unspecified atom stereocenters. The maximum Gasteiger partial charge on any atom is 0.262 e. The van der Waals surface area contributed by atoms with Crippen LogP contribution in [0.25, 0.3) is 10.9 Å². The molecule has 1 aliphatic rings. The fraction of sp³-hybridized carbons (Fsp3) is 0.273. The molecule has 3 rings (SSSR count). The average molecular weight is 332 g/mol. The predicted octanol–water partition coefficient (Wildman–Crippen LogP) is 2.92. The van der Waals surface area contributed by atoms with Crippen LogP contribution in [0, 0.1) is 0 Å². The van der Waals surface area contributed by atoms with Gasteiger partial charge < -0.3 is 0 Å². The Morgan fingerprint density at radius 3 is 3.18 bits per heavy atom. The highest BCUT2D eigenvalue weighted by Gasteiger charge is 2.24. The third kappa shape index (κ3) is 1.90. The van der Waals surface area contributed by atoms with Gasteiger partial charge in [-0.25, -0.2) is 4.98 Å². The lowest BCUT2D eigenvalue weighted by Gasteiger charge is -2.03. The first kappa shape index (κ1) is 11.6. The van der Waals surface area contributed by atoms with Crippen molar-refractivity contribution in [2.75, 3.05) is 5.33 Å². The van der Waals surface area contributed by atoms with E-state index in [9.17, 15) is 4.79 Å². The quantitative estimate of drug-likeness (QED) is 0.595. The number of nitrogens with zero attached hydrogens (tertiary/aromatic N) is 2. The lowest BCUT2D eigenvalue weighted by Crippen LogP contribution is -2.22. The number of benzene rings is 1. The molecule has 88 valence electrons. The molecule has 0 aliphatic carbocycles. The van der Waals surface area contributed by atoms with Gasteiger partial charge in [0.2, 0.25) is 0 Å². The van der Waals surface area contributed by atoms with Gasteiger partial charge in [-0.15, -0.1) is 0 Å². The van der Waals surface area contributed by atoms with Crippen molar-refractivity contribution in [2.45, 2.75) is 17.0 Å². The molecule has 0 N–H and O–H groups in total. The van der Waals surface area contributed by atoms with E-state index >= 15 is 0 Å². The normalized spacial score (nSPS) is 18.6. The summed E-state index contributed by atoms with van der Waals surface area (Å²) in [5.41, 5.74) is 0.703. The van der Waals surface area contributed by atoms with Crippen LogP contribution in [0.3, 0.4) is 0 Å². The Morgan fingerprint density at radius 1 is 1.59 bits per heavy atom. The molecule has 0 saturated heterocycles. The Balaban J connectivity index is 2.27. The molecule has 1 aliphatic heterocycles. The van der Waals surface area contributed by atoms with Crippen molar-refractivity contribution in [2.24, 2.45) is 0 Å². The topological polar surface area (TPSA) is 34.9 Å². The van der Waals surface area contributed by atoms with Crippen LogP contribution in [-0.2, 0) is 6.54 Å². The molecule has 2 aromatic rings. The fourth-order valence-corrected chi connectivity index (χ4v) is 3.68. The molecule has 0 amide bonds. The summed E-state index contributed by atoms with van der Waals surface area (Å²) in [6.07, 6.45) is 0. The van der Waals surface area contributed by atoms with Gasteiger partial charge in [0.1, 0.15) is 0 Å². The standard InChI is InChI=1S/C11H8BrClN2OS/c12-4-7-5-15-10(16)8-2-1-6(13)3-9(8)14-11(15)17-7/h1-3,7H,4-5H2/t7-/m0/s1. The van der Waals surface area contributed by atoms with Crippen LogP contribution in [0.15, 0.2) is 28.2 Å². The van der Waals surface area contributed by atoms with Crippen molar-refractivity contribution >= 4 is 50.2 Å². The van der Waals surface area contributed by atoms with Gasteiger partial charge in [-0.3, -0.25) is 9.36 Å². The summed E-state index contributed by atoms with van der Waals surface area (Å²) < 4.78 is 1.74. The number of thioether (sulfide) groups is 1. The van der Waals surface area contributed by atoms with Crippen LogP contribution in [0.5, 0.6) is 0 Å². The summed E-state index contributed by atoms with van der Waals surface area (Å²) in [6.45, 7) is 0.718. The van der Waals surface area contributed by atoms with Gasteiger partial charge in [0.05, 0.1) is 10.9 Å². The minimum atomic E-state index is 0.0256. The summed E-state index contributed by atoms with van der Waals surface area (Å²) in [4.78, 5) is 16.7. The van der Waals surface area contributed by atoms with E-state index in [0.29, 0.717) is 21.2 Å². The van der Waals surface area contributed by atoms with E-state index < -0.39 is 0 Å². The average Bonchev–Trinajstić information content (AvgIpc) is 2.72. The van der Waals surface area contributed by atoms with Gasteiger partial charge in [-0.05, 0) is 18.2 Å². The van der Waals surface area contributed by atoms with Gasteiger partial charge in [-0.2, -0.15) is 0 Å². The van der Waals surface area contributed by atoms with E-state index in [2.05, 4.69) is 20.9 Å². The molecule has 1 atom stereocenters. The molecule has 6 heteroatoms. The third-order valence-corrected chi connectivity index (χ3v) is 5.33. The smallest absolute Gasteiger partial charge is 0.262 e. The molecular formula is C11H8BrClN2OS. The number of alkyl halides is 1. The van der Waals surface area contributed by atoms with Crippen LogP contribution in [-0.4, -0.2) is 20.1 Å². The van der Waals surface area contributed by atoms with E-state index in [1.165, 1.54) is 0 Å². The van der Waals surface area contributed by atoms with Gasteiger partial charge in [0.15, 0.2) is 5.16 Å². The number of fused-ring (bicyclic) bond motifs is 2. The summed E-state index contributed by atoms with van der Waals surface area (Å²) >= 11 is 11.0. The van der Waals surface area contributed by atoms with E-state index in [-0.39, 0.29) is 5.56 Å². The second-order valence-electron chi connectivity index (χ2n) is 3.87. The number of halogens is 2. The zero-order chi connectivity index (χ0) is 12.0. The Labute approximate surface area is 115 Å². The first-order chi connectivity index (χ1) is 8.19. The summed E-state index contributed by atoms with van der Waals surface area (Å²) in [6, 6.07) is 5.21. The van der Waals surface area contributed by atoms with Crippen LogP contribution in [0.2, 0.25) is 5.02 Å². The molecule has 17 heavy (non-hydrogen) atoms. The van der Waals surface area contributed by atoms with Crippen LogP contribution in [0.1, 0.15) is 0 Å². The molecule has 3 nitrogen and oxygen atoms in total. The molecule has 0 spiro atoms. The first-order valence-corrected chi connectivity index (χ1v) is 7.49. The van der Waals surface area contributed by atoms with Gasteiger partial charge in [0, 0.05) is 22.1 Å². The Hall–Kier alpha value is -0.520. The first-order valence-electron chi connectivity index (χ1n) is 5.12. The molecule has 0 bridgehead atoms. The van der Waals surface area contributed by atoms with Crippen molar-refractivity contribution in [1.29, 1.82) is 0 Å². The van der Waals surface area contributed by atoms with Gasteiger partial charge >= 0.3 is 0 Å². The van der Waals surface area contributed by atoms with Crippen molar-refractivity contribution < 1.29 is 0 Å². The number of rotatable bonds is 1. The van der Waals surface area contributed by atoms with Crippen molar-refractivity contribution in [3.63, 3.8) is 0 Å². The molecule has 1 aromatic carbocycles. The fourth-order valence-electron chi connectivity index (χ4n) is 1.90. The highest BCUT2D eigenvalue weighted by Crippen LogP contribution is 2.31. The molecular weight excluding hydrogens is 324 g/mol. The summed E-state index contributed by atoms with van der Waals surface area (Å²) in [5.74, 6) is 0. The van der Waals surface area contributed by atoms with Crippen molar-refractivity contribution in [3.05, 3.63) is 33.6 Å². The lowest BCUT2D eigenvalue weighted by molar-refractivity contribution is 0.632. The highest BCUT2D eigenvalue weighted by molar-refractivity contribution is 9.09. The van der Waals surface area contributed by atoms with Crippen LogP contribution in [0.4, 0.5) is 0 Å². The second-order valence-corrected chi connectivity index (χ2v) is 6.22. The summed E-state index contributed by atoms with van der Waals surface area (Å²) in [5, 5.41) is 3.26. The minimum Gasteiger partial charge on any atom is -0.286 e. The number of aromatic nitrogens is 2. The molecule has 0 radical (unpaired) electrons. The summed E-state index contributed by atoms with van der Waals surface area (Å²) in [7, 11) is 0. The maximum absolute atomic E-state index is 12.2. The SMILES string of the molecule is O=c1c2ccc(Cl)cc2nc2n1C[C@H](CBr)S2. The molecule has 2 heterocycles. The minimum absolute atomic E-state index is 0.0256. The number of hydrogen-bond donors (Lipinski definition) is 0. The maximum atomic E-state index is 12.2. The zero-order valence-corrected chi connectivity index (χ0v) is 11.8. The van der Waals surface area contributed by atoms with E-state index in [0.717, 1.165) is 17.0 Å². The van der Waals surface area contributed by atoms with Crippen LogP contribution < -0.4 is 5.56 Å². The van der Waals surface area contributed by atoms with Gasteiger partial charge in [0.25, 0.3) is 5.56 Å². The number of hydrogen-bond acceptors (Lipinski definition) is 3. The van der Waals surface area contributed by atoms with Crippen molar-refractivity contribution in [3.8, 4) is 0 Å². The highest BCUT2D eigenvalue weighted by atomic mass is 79.9. The Morgan fingerprint density at radius 2 is 2.41 bits per heavy atom. The lowest BCUT2D eigenvalue weighted by atomic mass is 10.2. The van der Waals surface area contributed by atoms with E-state index in [1.807, 2.05) is 0 Å². The third-order valence-electron chi connectivity index (χ3n) is 2.71. The Kier molecular flexibility index (Phi) is 2.92. The van der Waals surface area contributed by atoms with Crippen molar-refractivity contribution in [1.82, 2.24) is 9.55 Å². The molecule has 0 fully saturated rings. The van der Waals surface area contributed by atoms with E-state index in [1.54, 1.807) is 34.5 Å². The molecule has 0 saturated carbocycles.